The molecule has 4 aromatic rings. The molecule has 31 heavy (non-hydrogen) atoms. The molecule has 7 nitrogen and oxygen atoms in total. The van der Waals surface area contributed by atoms with Crippen molar-refractivity contribution in [2.45, 2.75) is 20.8 Å². The van der Waals surface area contributed by atoms with Gasteiger partial charge in [-0.2, -0.15) is 10.4 Å². The lowest BCUT2D eigenvalue weighted by Crippen LogP contribution is -2.10. The van der Waals surface area contributed by atoms with Gasteiger partial charge in [0.1, 0.15) is 20.8 Å². The van der Waals surface area contributed by atoms with Gasteiger partial charge in [0.15, 0.2) is 0 Å². The Balaban J connectivity index is 1.68. The number of hydrogen-bond donors (Lipinski definition) is 1. The molecule has 1 amide bonds. The fourth-order valence-corrected chi connectivity index (χ4v) is 5.32. The van der Waals surface area contributed by atoms with Crippen LogP contribution in [-0.4, -0.2) is 28.3 Å². The van der Waals surface area contributed by atoms with Gasteiger partial charge in [0.25, 0.3) is 5.91 Å². The minimum atomic E-state index is -0.498. The molecule has 1 aromatic carbocycles. The second-order valence-electron chi connectivity index (χ2n) is 6.71. The Kier molecular flexibility index (Phi) is 5.59. The molecule has 0 atom stereocenters. The number of rotatable bonds is 5. The van der Waals surface area contributed by atoms with Crippen molar-refractivity contribution in [3.63, 3.8) is 0 Å². The molecule has 0 radical (unpaired) electrons. The third kappa shape index (κ3) is 3.71. The first-order chi connectivity index (χ1) is 14.9. The highest BCUT2D eigenvalue weighted by Crippen LogP contribution is 2.35. The molecular formula is C22H18N4O3S2. The van der Waals surface area contributed by atoms with E-state index in [2.05, 4.69) is 16.5 Å². The molecule has 3 heterocycles. The number of para-hydroxylation sites is 1. The Morgan fingerprint density at radius 1 is 1.23 bits per heavy atom. The number of fused-ring (bicyclic) bond motifs is 1. The SMILES string of the molecule is CCOC(=O)c1sc(NC(=O)c2cc3c(C)nn(-c4ccccc4)c3s2)c(C#N)c1C. The van der Waals surface area contributed by atoms with Crippen LogP contribution in [0.3, 0.4) is 0 Å². The summed E-state index contributed by atoms with van der Waals surface area (Å²) in [6.07, 6.45) is 0. The zero-order chi connectivity index (χ0) is 22.1. The maximum absolute atomic E-state index is 13.0. The second-order valence-corrected chi connectivity index (χ2v) is 8.76. The van der Waals surface area contributed by atoms with E-state index in [1.54, 1.807) is 19.9 Å². The number of aromatic nitrogens is 2. The van der Waals surface area contributed by atoms with Crippen LogP contribution in [0.1, 0.15) is 43.1 Å². The summed E-state index contributed by atoms with van der Waals surface area (Å²) in [6.45, 7) is 5.53. The maximum Gasteiger partial charge on any atom is 0.348 e. The first kappa shape index (κ1) is 20.8. The summed E-state index contributed by atoms with van der Waals surface area (Å²) in [7, 11) is 0. The Morgan fingerprint density at radius 3 is 2.65 bits per heavy atom. The number of benzene rings is 1. The summed E-state index contributed by atoms with van der Waals surface area (Å²) < 4.78 is 6.87. The molecule has 0 saturated carbocycles. The van der Waals surface area contributed by atoms with E-state index in [0.29, 0.717) is 20.3 Å². The third-order valence-electron chi connectivity index (χ3n) is 4.72. The van der Waals surface area contributed by atoms with Crippen molar-refractivity contribution in [2.75, 3.05) is 11.9 Å². The summed E-state index contributed by atoms with van der Waals surface area (Å²) in [6, 6.07) is 13.6. The van der Waals surface area contributed by atoms with Gasteiger partial charge in [0, 0.05) is 5.39 Å². The predicted molar refractivity (Wildman–Crippen MR) is 121 cm³/mol. The zero-order valence-electron chi connectivity index (χ0n) is 17.1. The van der Waals surface area contributed by atoms with Crippen molar-refractivity contribution in [1.29, 1.82) is 5.26 Å². The maximum atomic E-state index is 13.0. The van der Waals surface area contributed by atoms with Crippen LogP contribution in [0.25, 0.3) is 15.9 Å². The molecule has 4 rings (SSSR count). The lowest BCUT2D eigenvalue weighted by Gasteiger charge is -2.02. The Morgan fingerprint density at radius 2 is 1.97 bits per heavy atom. The van der Waals surface area contributed by atoms with E-state index < -0.39 is 5.97 Å². The number of thiophene rings is 2. The fraction of sp³-hybridized carbons (Fsp3) is 0.182. The Labute approximate surface area is 186 Å². The van der Waals surface area contributed by atoms with Crippen LogP contribution >= 0.6 is 22.7 Å². The number of ether oxygens (including phenoxy) is 1. The monoisotopic (exact) mass is 450 g/mol. The number of esters is 1. The van der Waals surface area contributed by atoms with Gasteiger partial charge >= 0.3 is 5.97 Å². The van der Waals surface area contributed by atoms with Crippen LogP contribution < -0.4 is 5.32 Å². The minimum Gasteiger partial charge on any atom is -0.462 e. The van der Waals surface area contributed by atoms with Gasteiger partial charge in [0.2, 0.25) is 0 Å². The minimum absolute atomic E-state index is 0.235. The molecule has 0 aliphatic heterocycles. The smallest absolute Gasteiger partial charge is 0.348 e. The lowest BCUT2D eigenvalue weighted by atomic mass is 10.2. The van der Waals surface area contributed by atoms with Crippen LogP contribution in [-0.2, 0) is 4.74 Å². The van der Waals surface area contributed by atoms with Crippen molar-refractivity contribution in [1.82, 2.24) is 9.78 Å². The summed E-state index contributed by atoms with van der Waals surface area (Å²) >= 11 is 2.38. The fourth-order valence-electron chi connectivity index (χ4n) is 3.20. The van der Waals surface area contributed by atoms with E-state index in [1.165, 1.54) is 11.3 Å². The van der Waals surface area contributed by atoms with Gasteiger partial charge in [-0.15, -0.1) is 22.7 Å². The van der Waals surface area contributed by atoms with Crippen molar-refractivity contribution >= 4 is 49.8 Å². The van der Waals surface area contributed by atoms with E-state index in [0.717, 1.165) is 32.9 Å². The van der Waals surface area contributed by atoms with Crippen molar-refractivity contribution in [3.05, 3.63) is 63.0 Å². The van der Waals surface area contributed by atoms with Crippen LogP contribution in [0.2, 0.25) is 0 Å². The highest BCUT2D eigenvalue weighted by Gasteiger charge is 2.24. The molecule has 0 bridgehead atoms. The van der Waals surface area contributed by atoms with Crippen LogP contribution in [0.4, 0.5) is 5.00 Å². The van der Waals surface area contributed by atoms with Crippen LogP contribution in [0.5, 0.6) is 0 Å². The summed E-state index contributed by atoms with van der Waals surface area (Å²) in [5.41, 5.74) is 2.51. The topological polar surface area (TPSA) is 97.0 Å². The number of hydrogen-bond acceptors (Lipinski definition) is 7. The molecule has 9 heteroatoms. The highest BCUT2D eigenvalue weighted by molar-refractivity contribution is 7.21. The van der Waals surface area contributed by atoms with Gasteiger partial charge in [-0.3, -0.25) is 4.79 Å². The van der Waals surface area contributed by atoms with Gasteiger partial charge in [-0.1, -0.05) is 18.2 Å². The largest absolute Gasteiger partial charge is 0.462 e. The molecule has 0 fully saturated rings. The number of nitriles is 1. The first-order valence-electron chi connectivity index (χ1n) is 9.51. The summed E-state index contributed by atoms with van der Waals surface area (Å²) in [4.78, 5) is 26.8. The standard InChI is InChI=1S/C22H18N4O3S2/c1-4-29-22(28)18-12(2)16(11-23)20(31-18)24-19(27)17-10-15-13(3)25-26(21(15)30-17)14-8-6-5-7-9-14/h5-10H,4H2,1-3H3,(H,24,27). The number of amides is 1. The van der Waals surface area contributed by atoms with Crippen molar-refractivity contribution in [3.8, 4) is 11.8 Å². The number of nitrogens with one attached hydrogen (secondary N) is 1. The number of anilines is 1. The normalized spacial score (nSPS) is 10.8. The van der Waals surface area contributed by atoms with Gasteiger partial charge < -0.3 is 10.1 Å². The van der Waals surface area contributed by atoms with Crippen molar-refractivity contribution < 1.29 is 14.3 Å². The van der Waals surface area contributed by atoms with E-state index >= 15 is 0 Å². The van der Waals surface area contributed by atoms with Gasteiger partial charge in [-0.25, -0.2) is 9.48 Å². The lowest BCUT2D eigenvalue weighted by molar-refractivity contribution is 0.0531. The second kappa shape index (κ2) is 8.34. The average molecular weight is 451 g/mol. The first-order valence-corrected chi connectivity index (χ1v) is 11.1. The van der Waals surface area contributed by atoms with E-state index in [1.807, 2.05) is 41.9 Å². The molecule has 0 aliphatic rings. The zero-order valence-corrected chi connectivity index (χ0v) is 18.7. The molecule has 0 spiro atoms. The molecule has 0 aliphatic carbocycles. The third-order valence-corrected chi connectivity index (χ3v) is 7.01. The van der Waals surface area contributed by atoms with E-state index in [4.69, 9.17) is 4.74 Å². The number of nitrogens with zero attached hydrogens (tertiary/aromatic N) is 3. The quantitative estimate of drug-likeness (QED) is 0.428. The number of carbonyl (C=O) groups excluding carboxylic acids is 2. The van der Waals surface area contributed by atoms with Gasteiger partial charge in [-0.05, 0) is 44.5 Å². The molecule has 0 saturated heterocycles. The molecule has 3 aromatic heterocycles. The van der Waals surface area contributed by atoms with Crippen LogP contribution in [0.15, 0.2) is 36.4 Å². The molecule has 156 valence electrons. The summed E-state index contributed by atoms with van der Waals surface area (Å²) in [5, 5.41) is 18.2. The van der Waals surface area contributed by atoms with E-state index in [9.17, 15) is 14.9 Å². The van der Waals surface area contributed by atoms with Crippen LogP contribution in [0, 0.1) is 25.2 Å². The number of aryl methyl sites for hydroxylation is 1. The molecule has 1 N–H and O–H groups in total. The van der Waals surface area contributed by atoms with E-state index in [-0.39, 0.29) is 18.1 Å². The molecular weight excluding hydrogens is 432 g/mol. The van der Waals surface area contributed by atoms with Gasteiger partial charge in [0.05, 0.1) is 28.4 Å². The Hall–Kier alpha value is -3.48. The highest BCUT2D eigenvalue weighted by atomic mass is 32.1. The summed E-state index contributed by atoms with van der Waals surface area (Å²) in [5.74, 6) is -0.837. The predicted octanol–water partition coefficient (Wildman–Crippen LogP) is 5.07. The molecule has 0 unspecified atom stereocenters. The van der Waals surface area contributed by atoms with Crippen molar-refractivity contribution in [2.24, 2.45) is 0 Å². The Bertz CT molecular complexity index is 1340. The average Bonchev–Trinajstić information content (AvgIpc) is 3.42. The number of carbonyl (C=O) groups is 2.